The summed E-state index contributed by atoms with van der Waals surface area (Å²) in [6.45, 7) is 3.78. The lowest BCUT2D eigenvalue weighted by Crippen LogP contribution is -2.47. The first-order valence-electron chi connectivity index (χ1n) is 7.32. The maximum Gasteiger partial charge on any atom is 0.281 e. The molecule has 112 valence electrons. The predicted octanol–water partition coefficient (Wildman–Crippen LogP) is 1.17. The first kappa shape index (κ1) is 15.2. The largest absolute Gasteiger partial charge is 0.330 e. The fraction of sp³-hybridized carbons (Fsp3) is 1.00. The fourth-order valence-corrected chi connectivity index (χ4v) is 4.91. The molecule has 2 N–H and O–H groups in total. The Hall–Kier alpha value is -0.170. The van der Waals surface area contributed by atoms with Crippen LogP contribution in [0, 0.1) is 5.41 Å². The van der Waals surface area contributed by atoms with Crippen molar-refractivity contribution in [2.45, 2.75) is 51.5 Å². The quantitative estimate of drug-likeness (QED) is 0.844. The minimum Gasteiger partial charge on any atom is -0.330 e. The first-order valence-corrected chi connectivity index (χ1v) is 8.72. The normalized spacial score (nSPS) is 31.2. The molecule has 2 rings (SSSR count). The maximum atomic E-state index is 12.6. The maximum absolute atomic E-state index is 12.6. The van der Waals surface area contributed by atoms with Crippen LogP contribution in [-0.4, -0.2) is 49.8 Å². The summed E-state index contributed by atoms with van der Waals surface area (Å²) < 4.78 is 28.5. The molecule has 1 aliphatic carbocycles. The molecule has 2 aliphatic rings. The Morgan fingerprint density at radius 1 is 1.32 bits per heavy atom. The summed E-state index contributed by atoms with van der Waals surface area (Å²) in [6, 6.07) is 0.184. The highest BCUT2D eigenvalue weighted by Crippen LogP contribution is 2.32. The van der Waals surface area contributed by atoms with Crippen molar-refractivity contribution in [1.29, 1.82) is 0 Å². The minimum atomic E-state index is -3.31. The Balaban J connectivity index is 2.05. The van der Waals surface area contributed by atoms with Crippen molar-refractivity contribution < 1.29 is 8.42 Å². The smallest absolute Gasteiger partial charge is 0.281 e. The highest BCUT2D eigenvalue weighted by molar-refractivity contribution is 7.86. The monoisotopic (exact) mass is 289 g/mol. The van der Waals surface area contributed by atoms with Gasteiger partial charge in [-0.3, -0.25) is 0 Å². The molecule has 1 atom stereocenters. The number of nitrogens with two attached hydrogens (primary N) is 1. The molecule has 0 aromatic rings. The number of nitrogens with zero attached hydrogens (tertiary/aromatic N) is 2. The third-order valence-corrected chi connectivity index (χ3v) is 6.79. The van der Waals surface area contributed by atoms with E-state index in [0.29, 0.717) is 19.6 Å². The average molecular weight is 289 g/mol. The zero-order valence-electron chi connectivity index (χ0n) is 12.1. The molecule has 19 heavy (non-hydrogen) atoms. The Morgan fingerprint density at radius 2 is 1.95 bits per heavy atom. The van der Waals surface area contributed by atoms with Crippen molar-refractivity contribution in [3.05, 3.63) is 0 Å². The molecule has 0 spiro atoms. The molecule has 0 amide bonds. The molecule has 1 heterocycles. The van der Waals surface area contributed by atoms with E-state index in [1.54, 1.807) is 15.7 Å². The topological polar surface area (TPSA) is 66.6 Å². The van der Waals surface area contributed by atoms with Crippen LogP contribution in [0.15, 0.2) is 0 Å². The Morgan fingerprint density at radius 3 is 2.47 bits per heavy atom. The first-order chi connectivity index (χ1) is 8.89. The Kier molecular flexibility index (Phi) is 4.55. The van der Waals surface area contributed by atoms with Gasteiger partial charge in [0.25, 0.3) is 10.2 Å². The number of hydrogen-bond acceptors (Lipinski definition) is 3. The van der Waals surface area contributed by atoms with Crippen LogP contribution in [0.4, 0.5) is 0 Å². The van der Waals surface area contributed by atoms with Gasteiger partial charge in [-0.2, -0.15) is 17.0 Å². The second kappa shape index (κ2) is 5.68. The minimum absolute atomic E-state index is 0.0551. The zero-order valence-corrected chi connectivity index (χ0v) is 13.0. The van der Waals surface area contributed by atoms with Crippen LogP contribution in [0.5, 0.6) is 0 Å². The van der Waals surface area contributed by atoms with Gasteiger partial charge in [0.15, 0.2) is 0 Å². The highest BCUT2D eigenvalue weighted by atomic mass is 32.2. The molecule has 2 fully saturated rings. The van der Waals surface area contributed by atoms with Gasteiger partial charge >= 0.3 is 0 Å². The molecule has 1 saturated heterocycles. The average Bonchev–Trinajstić information content (AvgIpc) is 2.83. The van der Waals surface area contributed by atoms with E-state index in [9.17, 15) is 8.42 Å². The van der Waals surface area contributed by atoms with Crippen molar-refractivity contribution in [1.82, 2.24) is 8.61 Å². The second-order valence-electron chi connectivity index (χ2n) is 6.41. The predicted molar refractivity (Wildman–Crippen MR) is 76.9 cm³/mol. The molecule has 0 radical (unpaired) electrons. The Bertz CT molecular complexity index is 398. The molecule has 1 aliphatic heterocycles. The molecular weight excluding hydrogens is 262 g/mol. The summed E-state index contributed by atoms with van der Waals surface area (Å²) in [4.78, 5) is 0. The van der Waals surface area contributed by atoms with Gasteiger partial charge in [0, 0.05) is 26.2 Å². The van der Waals surface area contributed by atoms with E-state index >= 15 is 0 Å². The van der Waals surface area contributed by atoms with Crippen LogP contribution in [-0.2, 0) is 10.2 Å². The lowest BCUT2D eigenvalue weighted by molar-refractivity contribution is 0.263. The molecule has 1 saturated carbocycles. The van der Waals surface area contributed by atoms with Crippen LogP contribution in [0.25, 0.3) is 0 Å². The van der Waals surface area contributed by atoms with Crippen LogP contribution < -0.4 is 5.73 Å². The van der Waals surface area contributed by atoms with Gasteiger partial charge in [-0.15, -0.1) is 0 Å². The molecule has 0 aromatic carbocycles. The van der Waals surface area contributed by atoms with Crippen LogP contribution in [0.2, 0.25) is 0 Å². The van der Waals surface area contributed by atoms with E-state index in [2.05, 4.69) is 6.92 Å². The molecule has 6 heteroatoms. The van der Waals surface area contributed by atoms with E-state index < -0.39 is 10.2 Å². The lowest BCUT2D eigenvalue weighted by atomic mass is 9.90. The van der Waals surface area contributed by atoms with Gasteiger partial charge in [0.2, 0.25) is 0 Å². The summed E-state index contributed by atoms with van der Waals surface area (Å²) in [5.74, 6) is 0. The summed E-state index contributed by atoms with van der Waals surface area (Å²) in [6.07, 6.45) is 6.38. The van der Waals surface area contributed by atoms with E-state index in [0.717, 1.165) is 32.1 Å². The summed E-state index contributed by atoms with van der Waals surface area (Å²) >= 11 is 0. The molecular formula is C13H27N3O2S. The van der Waals surface area contributed by atoms with Gasteiger partial charge in [-0.1, -0.05) is 26.2 Å². The standard InChI is InChI=1S/C13H27N3O2S/c1-13(10-14)8-9-16(11-13)19(17,18)15(2)12-6-4-3-5-7-12/h12H,3-11,14H2,1-2H3. The van der Waals surface area contributed by atoms with Gasteiger partial charge < -0.3 is 5.73 Å². The SMILES string of the molecule is CN(C1CCCCC1)S(=O)(=O)N1CCC(C)(CN)C1. The van der Waals surface area contributed by atoms with E-state index in [-0.39, 0.29) is 11.5 Å². The van der Waals surface area contributed by atoms with Crippen molar-refractivity contribution in [3.63, 3.8) is 0 Å². The highest BCUT2D eigenvalue weighted by Gasteiger charge is 2.41. The number of hydrogen-bond donors (Lipinski definition) is 1. The van der Waals surface area contributed by atoms with E-state index in [4.69, 9.17) is 5.73 Å². The van der Waals surface area contributed by atoms with Gasteiger partial charge in [-0.05, 0) is 31.2 Å². The molecule has 0 bridgehead atoms. The van der Waals surface area contributed by atoms with Gasteiger partial charge in [0.1, 0.15) is 0 Å². The van der Waals surface area contributed by atoms with Crippen LogP contribution in [0.3, 0.4) is 0 Å². The summed E-state index contributed by atoms with van der Waals surface area (Å²) in [5.41, 5.74) is 5.70. The molecule has 5 nitrogen and oxygen atoms in total. The van der Waals surface area contributed by atoms with Crippen molar-refractivity contribution in [2.75, 3.05) is 26.7 Å². The Labute approximate surface area is 117 Å². The molecule has 1 unspecified atom stereocenters. The third kappa shape index (κ3) is 3.12. The van der Waals surface area contributed by atoms with E-state index in [1.165, 1.54) is 6.42 Å². The van der Waals surface area contributed by atoms with Gasteiger partial charge in [-0.25, -0.2) is 0 Å². The fourth-order valence-electron chi connectivity index (χ4n) is 3.16. The van der Waals surface area contributed by atoms with Crippen LogP contribution >= 0.6 is 0 Å². The van der Waals surface area contributed by atoms with Crippen molar-refractivity contribution in [3.8, 4) is 0 Å². The number of rotatable bonds is 4. The van der Waals surface area contributed by atoms with Crippen molar-refractivity contribution in [2.24, 2.45) is 11.1 Å². The third-order valence-electron chi connectivity index (χ3n) is 4.79. The van der Waals surface area contributed by atoms with Crippen LogP contribution in [0.1, 0.15) is 45.4 Å². The van der Waals surface area contributed by atoms with Crippen molar-refractivity contribution >= 4 is 10.2 Å². The summed E-state index contributed by atoms with van der Waals surface area (Å²) in [5, 5.41) is 0. The lowest BCUT2D eigenvalue weighted by Gasteiger charge is -2.33. The summed E-state index contributed by atoms with van der Waals surface area (Å²) in [7, 11) is -1.57. The molecule has 0 aromatic heterocycles. The van der Waals surface area contributed by atoms with E-state index in [1.807, 2.05) is 0 Å². The zero-order chi connectivity index (χ0) is 14.1. The van der Waals surface area contributed by atoms with Gasteiger partial charge in [0.05, 0.1) is 0 Å². The second-order valence-corrected chi connectivity index (χ2v) is 8.40.